The SMILES string of the molecule is O=C1CN(CCc2ccncc2)CC(=O)N1. The molecular formula is C11H13N3O2. The first-order valence-electron chi connectivity index (χ1n) is 5.18. The molecule has 2 rings (SSSR count). The lowest BCUT2D eigenvalue weighted by molar-refractivity contribution is -0.135. The summed E-state index contributed by atoms with van der Waals surface area (Å²) >= 11 is 0. The zero-order valence-corrected chi connectivity index (χ0v) is 8.85. The summed E-state index contributed by atoms with van der Waals surface area (Å²) in [7, 11) is 0. The Bertz CT molecular complexity index is 375. The Morgan fingerprint density at radius 1 is 1.19 bits per heavy atom. The third-order valence-corrected chi connectivity index (χ3v) is 2.48. The van der Waals surface area contributed by atoms with Gasteiger partial charge < -0.3 is 0 Å². The molecule has 1 aromatic rings. The second kappa shape index (κ2) is 4.85. The van der Waals surface area contributed by atoms with E-state index < -0.39 is 0 Å². The van der Waals surface area contributed by atoms with Gasteiger partial charge in [0, 0.05) is 18.9 Å². The van der Waals surface area contributed by atoms with Crippen LogP contribution in [0.5, 0.6) is 0 Å². The molecule has 1 N–H and O–H groups in total. The van der Waals surface area contributed by atoms with Gasteiger partial charge in [0.2, 0.25) is 11.8 Å². The van der Waals surface area contributed by atoms with Gasteiger partial charge in [-0.25, -0.2) is 0 Å². The largest absolute Gasteiger partial charge is 0.294 e. The van der Waals surface area contributed by atoms with E-state index in [1.807, 2.05) is 17.0 Å². The summed E-state index contributed by atoms with van der Waals surface area (Å²) in [4.78, 5) is 28.0. The van der Waals surface area contributed by atoms with Gasteiger partial charge in [-0.15, -0.1) is 0 Å². The van der Waals surface area contributed by atoms with Crippen LogP contribution in [0.3, 0.4) is 0 Å². The van der Waals surface area contributed by atoms with E-state index in [0.717, 1.165) is 12.0 Å². The molecule has 0 bridgehead atoms. The Hall–Kier alpha value is -1.75. The zero-order chi connectivity index (χ0) is 11.4. The van der Waals surface area contributed by atoms with Gasteiger partial charge in [-0.05, 0) is 24.1 Å². The summed E-state index contributed by atoms with van der Waals surface area (Å²) in [6.07, 6.45) is 4.30. The van der Waals surface area contributed by atoms with Gasteiger partial charge in [0.25, 0.3) is 0 Å². The molecule has 0 unspecified atom stereocenters. The second-order valence-corrected chi connectivity index (χ2v) is 3.79. The van der Waals surface area contributed by atoms with E-state index in [9.17, 15) is 9.59 Å². The first kappa shape index (κ1) is 10.8. The number of nitrogens with zero attached hydrogens (tertiary/aromatic N) is 2. The fraction of sp³-hybridized carbons (Fsp3) is 0.364. The molecule has 84 valence electrons. The number of rotatable bonds is 3. The molecule has 1 aliphatic rings. The molecule has 16 heavy (non-hydrogen) atoms. The van der Waals surface area contributed by atoms with Crippen LogP contribution in [0.25, 0.3) is 0 Å². The first-order valence-corrected chi connectivity index (χ1v) is 5.18. The average molecular weight is 219 g/mol. The van der Waals surface area contributed by atoms with Crippen molar-refractivity contribution in [1.82, 2.24) is 15.2 Å². The van der Waals surface area contributed by atoms with E-state index in [2.05, 4.69) is 10.3 Å². The number of carbonyl (C=O) groups is 2. The molecule has 0 saturated carbocycles. The van der Waals surface area contributed by atoms with Crippen LogP contribution in [-0.2, 0) is 16.0 Å². The predicted octanol–water partition coefficient (Wildman–Crippen LogP) is -0.418. The van der Waals surface area contributed by atoms with Gasteiger partial charge >= 0.3 is 0 Å². The van der Waals surface area contributed by atoms with Crippen LogP contribution >= 0.6 is 0 Å². The predicted molar refractivity (Wildman–Crippen MR) is 57.5 cm³/mol. The maximum absolute atomic E-state index is 11.1. The maximum Gasteiger partial charge on any atom is 0.240 e. The van der Waals surface area contributed by atoms with Gasteiger partial charge in [0.1, 0.15) is 0 Å². The topological polar surface area (TPSA) is 62.3 Å². The van der Waals surface area contributed by atoms with Crippen molar-refractivity contribution in [2.24, 2.45) is 0 Å². The van der Waals surface area contributed by atoms with E-state index in [4.69, 9.17) is 0 Å². The van der Waals surface area contributed by atoms with E-state index >= 15 is 0 Å². The molecule has 2 amide bonds. The number of imide groups is 1. The van der Waals surface area contributed by atoms with Crippen molar-refractivity contribution in [3.63, 3.8) is 0 Å². The minimum absolute atomic E-state index is 0.217. The van der Waals surface area contributed by atoms with Crippen molar-refractivity contribution >= 4 is 11.8 Å². The fourth-order valence-electron chi connectivity index (χ4n) is 1.69. The van der Waals surface area contributed by atoms with Gasteiger partial charge in [-0.1, -0.05) is 0 Å². The standard InChI is InChI=1S/C11H13N3O2/c15-10-7-14(8-11(16)13-10)6-3-9-1-4-12-5-2-9/h1-2,4-5H,3,6-8H2,(H,13,15,16). The number of hydrogen-bond donors (Lipinski definition) is 1. The van der Waals surface area contributed by atoms with Crippen molar-refractivity contribution in [1.29, 1.82) is 0 Å². The highest BCUT2D eigenvalue weighted by Crippen LogP contribution is 2.01. The summed E-state index contributed by atoms with van der Waals surface area (Å²) in [5.74, 6) is -0.433. The Balaban J connectivity index is 1.86. The smallest absolute Gasteiger partial charge is 0.240 e. The van der Waals surface area contributed by atoms with Gasteiger partial charge in [-0.2, -0.15) is 0 Å². The molecule has 2 heterocycles. The highest BCUT2D eigenvalue weighted by atomic mass is 16.2. The van der Waals surface area contributed by atoms with E-state index in [1.54, 1.807) is 12.4 Å². The van der Waals surface area contributed by atoms with Gasteiger partial charge in [0.15, 0.2) is 0 Å². The maximum atomic E-state index is 11.1. The lowest BCUT2D eigenvalue weighted by Crippen LogP contribution is -2.51. The normalized spacial score (nSPS) is 17.2. The Kier molecular flexibility index (Phi) is 3.26. The molecule has 0 aromatic carbocycles. The summed E-state index contributed by atoms with van der Waals surface area (Å²) in [6, 6.07) is 3.87. The van der Waals surface area contributed by atoms with Crippen LogP contribution in [0.15, 0.2) is 24.5 Å². The molecule has 1 aromatic heterocycles. The lowest BCUT2D eigenvalue weighted by Gasteiger charge is -2.24. The summed E-state index contributed by atoms with van der Waals surface area (Å²) in [5, 5.41) is 2.28. The third kappa shape index (κ3) is 2.87. The number of pyridine rings is 1. The number of nitrogens with one attached hydrogen (secondary N) is 1. The van der Waals surface area contributed by atoms with Crippen molar-refractivity contribution in [2.75, 3.05) is 19.6 Å². The Morgan fingerprint density at radius 3 is 2.44 bits per heavy atom. The van der Waals surface area contributed by atoms with Crippen LogP contribution in [-0.4, -0.2) is 41.3 Å². The molecule has 0 radical (unpaired) electrons. The van der Waals surface area contributed by atoms with Gasteiger partial charge in [-0.3, -0.25) is 24.8 Å². The average Bonchev–Trinajstić information content (AvgIpc) is 2.27. The van der Waals surface area contributed by atoms with Crippen LogP contribution in [0.1, 0.15) is 5.56 Å². The molecule has 0 atom stereocenters. The van der Waals surface area contributed by atoms with Crippen molar-refractivity contribution in [3.05, 3.63) is 30.1 Å². The molecule has 5 heteroatoms. The minimum atomic E-state index is -0.217. The molecule has 1 aliphatic heterocycles. The lowest BCUT2D eigenvalue weighted by atomic mass is 10.2. The molecule has 1 saturated heterocycles. The quantitative estimate of drug-likeness (QED) is 0.701. The number of amides is 2. The second-order valence-electron chi connectivity index (χ2n) is 3.79. The fourth-order valence-corrected chi connectivity index (χ4v) is 1.69. The van der Waals surface area contributed by atoms with Crippen LogP contribution in [0.4, 0.5) is 0 Å². The Morgan fingerprint density at radius 2 is 1.81 bits per heavy atom. The number of carbonyl (C=O) groups excluding carboxylic acids is 2. The zero-order valence-electron chi connectivity index (χ0n) is 8.85. The molecule has 0 aliphatic carbocycles. The first-order chi connectivity index (χ1) is 7.74. The van der Waals surface area contributed by atoms with E-state index in [1.165, 1.54) is 0 Å². The monoisotopic (exact) mass is 219 g/mol. The highest BCUT2D eigenvalue weighted by molar-refractivity contribution is 5.99. The highest BCUT2D eigenvalue weighted by Gasteiger charge is 2.21. The summed E-state index contributed by atoms with van der Waals surface area (Å²) in [5.41, 5.74) is 1.16. The summed E-state index contributed by atoms with van der Waals surface area (Å²) in [6.45, 7) is 1.32. The van der Waals surface area contributed by atoms with E-state index in [-0.39, 0.29) is 11.8 Å². The Labute approximate surface area is 93.5 Å². The van der Waals surface area contributed by atoms with Crippen LogP contribution < -0.4 is 5.32 Å². The van der Waals surface area contributed by atoms with Crippen LogP contribution in [0.2, 0.25) is 0 Å². The van der Waals surface area contributed by atoms with E-state index in [0.29, 0.717) is 19.6 Å². The van der Waals surface area contributed by atoms with Crippen molar-refractivity contribution in [3.8, 4) is 0 Å². The van der Waals surface area contributed by atoms with Crippen molar-refractivity contribution < 1.29 is 9.59 Å². The molecule has 0 spiro atoms. The minimum Gasteiger partial charge on any atom is -0.294 e. The van der Waals surface area contributed by atoms with Gasteiger partial charge in [0.05, 0.1) is 13.1 Å². The number of piperazine rings is 1. The van der Waals surface area contributed by atoms with Crippen molar-refractivity contribution in [2.45, 2.75) is 6.42 Å². The third-order valence-electron chi connectivity index (χ3n) is 2.48. The molecule has 5 nitrogen and oxygen atoms in total. The number of hydrogen-bond acceptors (Lipinski definition) is 4. The van der Waals surface area contributed by atoms with Crippen LogP contribution in [0, 0.1) is 0 Å². The number of aromatic nitrogens is 1. The molecule has 1 fully saturated rings. The molecular weight excluding hydrogens is 206 g/mol. The summed E-state index contributed by atoms with van der Waals surface area (Å²) < 4.78 is 0.